The van der Waals surface area contributed by atoms with Crippen LogP contribution in [0.15, 0.2) is 55.6 Å². The van der Waals surface area contributed by atoms with Crippen LogP contribution < -0.4 is 99.8 Å². The summed E-state index contributed by atoms with van der Waals surface area (Å²) in [6, 6.07) is -1.38. The Morgan fingerprint density at radius 2 is 0.580 bits per heavy atom. The molecule has 0 aliphatic rings. The Morgan fingerprint density at radius 1 is 0.353 bits per heavy atom. The summed E-state index contributed by atoms with van der Waals surface area (Å²) in [5.74, 6) is -12.0. The number of aromatic nitrogens is 20. The molecule has 119 heavy (non-hydrogen) atoms. The number of hydrogen-bond donors (Lipinski definition) is 19. The van der Waals surface area contributed by atoms with E-state index in [2.05, 4.69) is 107 Å². The van der Waals surface area contributed by atoms with Crippen LogP contribution in [0, 0.1) is 0 Å². The first-order valence-electron chi connectivity index (χ1n) is 36.0. The number of carboxylic acid groups (broad SMARTS) is 1. The van der Waals surface area contributed by atoms with Gasteiger partial charge in [0, 0.05) is 65.4 Å². The van der Waals surface area contributed by atoms with E-state index in [1.165, 1.54) is 9.13 Å². The number of H-pyrrole nitrogens is 5. The van der Waals surface area contributed by atoms with E-state index < -0.39 is 229 Å². The normalized spacial score (nSPS) is 11.5. The molecule has 26 N–H and O–H groups in total. The molecule has 0 aromatic carbocycles. The zero-order valence-electron chi connectivity index (χ0n) is 63.0. The summed E-state index contributed by atoms with van der Waals surface area (Å²) in [6.07, 6.45) is 6.36. The molecular weight excluding hydrogens is 1580 g/mol. The van der Waals surface area contributed by atoms with Crippen molar-refractivity contribution in [3.05, 3.63) is 83.4 Å². The van der Waals surface area contributed by atoms with Crippen LogP contribution in [-0.2, 0) is 90.3 Å². The number of carbonyl (C=O) groups excluding carboxylic acids is 11. The average Bonchev–Trinajstić information content (AvgIpc) is 1.69. The molecule has 0 saturated heterocycles. The van der Waals surface area contributed by atoms with Crippen LogP contribution in [0.2, 0.25) is 0 Å². The van der Waals surface area contributed by atoms with E-state index in [1.54, 1.807) is 0 Å². The summed E-state index contributed by atoms with van der Waals surface area (Å²) in [6.45, 7) is -11.0. The van der Waals surface area contributed by atoms with Gasteiger partial charge in [0.15, 0.2) is 55.8 Å². The van der Waals surface area contributed by atoms with Crippen molar-refractivity contribution >= 4 is 157 Å². The molecule has 0 aliphatic heterocycles. The minimum atomic E-state index is -1.38. The number of imidazole rings is 5. The highest BCUT2D eigenvalue weighted by Gasteiger charge is 2.29. The number of unbranched alkanes of at least 4 members (excludes halogenated alkanes) is 1. The zero-order valence-corrected chi connectivity index (χ0v) is 63.0. The van der Waals surface area contributed by atoms with E-state index >= 15 is 0 Å². The van der Waals surface area contributed by atoms with Crippen molar-refractivity contribution in [2.75, 3.05) is 140 Å². The lowest BCUT2D eigenvalue weighted by atomic mass is 10.1. The van der Waals surface area contributed by atoms with Crippen LogP contribution >= 0.6 is 0 Å². The molecule has 1 atom stereocenters. The number of anilines is 5. The summed E-state index contributed by atoms with van der Waals surface area (Å²) >= 11 is 0. The molecule has 56 heteroatoms. The third-order valence-electron chi connectivity index (χ3n) is 17.7. The third-order valence-corrected chi connectivity index (χ3v) is 17.7. The van der Waals surface area contributed by atoms with Gasteiger partial charge in [-0.05, 0) is 25.8 Å². The summed E-state index contributed by atoms with van der Waals surface area (Å²) in [4.78, 5) is 285. The smallest absolute Gasteiger partial charge is 0.326 e. The Bertz CT molecular complexity index is 5850. The first kappa shape index (κ1) is 85.7. The molecule has 632 valence electrons. The highest BCUT2D eigenvalue weighted by atomic mass is 16.4. The maximum Gasteiger partial charge on any atom is 0.326 e. The van der Waals surface area contributed by atoms with Crippen molar-refractivity contribution in [2.24, 2.45) is 11.5 Å². The van der Waals surface area contributed by atoms with E-state index in [4.69, 9.17) is 40.1 Å². The van der Waals surface area contributed by atoms with Gasteiger partial charge in [-0.2, -0.15) is 24.9 Å². The molecular formula is C63H82N38O18. The van der Waals surface area contributed by atoms with E-state index in [-0.39, 0.29) is 112 Å². The van der Waals surface area contributed by atoms with Gasteiger partial charge in [0.1, 0.15) is 38.8 Å². The molecule has 11 amide bonds. The number of nitrogens with zero attached hydrogens (tertiary/aromatic N) is 20. The lowest BCUT2D eigenvalue weighted by molar-refractivity contribution is -0.143. The van der Waals surface area contributed by atoms with Gasteiger partial charge in [-0.1, -0.05) is 0 Å². The van der Waals surface area contributed by atoms with Gasteiger partial charge in [-0.15, -0.1) is 0 Å². The average molecular weight is 1660 g/mol. The van der Waals surface area contributed by atoms with Crippen molar-refractivity contribution in [3.63, 3.8) is 0 Å². The molecule has 0 radical (unpaired) electrons. The second kappa shape index (κ2) is 38.9. The molecule has 10 heterocycles. The number of aliphatic carboxylic acids is 1. The van der Waals surface area contributed by atoms with Crippen LogP contribution in [0.3, 0.4) is 0 Å². The predicted octanol–water partition coefficient (Wildman–Crippen LogP) is -13.1. The van der Waals surface area contributed by atoms with Gasteiger partial charge < -0.3 is 124 Å². The van der Waals surface area contributed by atoms with Crippen molar-refractivity contribution in [2.45, 2.75) is 58.0 Å². The fraction of sp³-hybridized carbons (Fsp3) is 0.413. The topological polar surface area (TPSA) is 813 Å². The fourth-order valence-corrected chi connectivity index (χ4v) is 11.9. The molecule has 0 spiro atoms. The maximum absolute atomic E-state index is 14.5. The monoisotopic (exact) mass is 1660 g/mol. The Labute approximate surface area is 663 Å². The van der Waals surface area contributed by atoms with Crippen molar-refractivity contribution in [3.8, 4) is 0 Å². The first-order chi connectivity index (χ1) is 56.8. The van der Waals surface area contributed by atoms with Crippen LogP contribution in [0.5, 0.6) is 0 Å². The zero-order chi connectivity index (χ0) is 85.9. The minimum Gasteiger partial charge on any atom is -0.480 e. The number of carboxylic acids is 1. The highest BCUT2D eigenvalue weighted by Crippen LogP contribution is 2.14. The quantitative estimate of drug-likeness (QED) is 0.0158. The van der Waals surface area contributed by atoms with Gasteiger partial charge in [0.25, 0.3) is 27.8 Å². The number of amides is 11. The van der Waals surface area contributed by atoms with Crippen LogP contribution in [-0.4, -0.2) is 315 Å². The van der Waals surface area contributed by atoms with Gasteiger partial charge >= 0.3 is 5.97 Å². The molecule has 0 saturated carbocycles. The summed E-state index contributed by atoms with van der Waals surface area (Å²) in [7, 11) is 0. The van der Waals surface area contributed by atoms with Crippen LogP contribution in [0.4, 0.5) is 29.7 Å². The van der Waals surface area contributed by atoms with Crippen LogP contribution in [0.25, 0.3) is 55.8 Å². The van der Waals surface area contributed by atoms with Gasteiger partial charge in [0.2, 0.25) is 94.7 Å². The summed E-state index contributed by atoms with van der Waals surface area (Å²) in [5.41, 5.74) is 34.8. The lowest BCUT2D eigenvalue weighted by Crippen LogP contribution is -2.50. The molecule has 0 aliphatic carbocycles. The maximum atomic E-state index is 14.5. The standard InChI is InChI=1S/C63H82N38O18/c64-4-2-1-3-31(58(118)119)81-37(107)20-96(42(112)25-101-30-80-47-52(101)86-63(70)91-57(47)117)14-9-75-36(106)19-95(41(111)24-100-29-79-46-51(100)85-62(69)90-56(46)116)13-8-74-35(105)18-94(40(110)23-99-28-78-45-50(99)84-61(68)89-55(45)115)12-7-73-34(104)17-93(39(109)22-98-27-77-44-49(98)83-60(67)88-54(44)114)11-6-72-33(103)16-92(10-5-71-32(102)15-65)38(108)21-97-26-76-43-48(97)82-59(66)87-53(43)113/h26-31H,1-25,64-65H2,(H,71,102)(H,72,103)(H,73,104)(H,74,105)(H,75,106)(H,81,107)(H,118,119)(H3,66,82,87,113)(H3,67,83,88,114)(H3,68,84,89,115)(H3,69,85,90,116)(H3,70,86,91,117)/t31-/m0/s1. The van der Waals surface area contributed by atoms with Gasteiger partial charge in [-0.3, -0.25) is 102 Å². The molecule has 0 fully saturated rings. The minimum absolute atomic E-state index is 0.00775. The SMILES string of the molecule is NCCCC[C@H](NC(=O)CN(CCNC(=O)CN(CCNC(=O)CN(CCNC(=O)CN(CCNC(=O)CN(CCNC(=O)CN)C(=O)Cn1cnc2c(=O)[nH]c(N)nc21)C(=O)Cn1cnc2c(=O)[nH]c(N)nc21)C(=O)Cn1cnc2c(=O)[nH]c(N)nc21)C(=O)Cn1cnc2c(=O)[nH]c(N)nc21)C(=O)Cn1cnc2c(=O)[nH]c(N)nc21)C(=O)O. The fourth-order valence-electron chi connectivity index (χ4n) is 11.9. The third kappa shape index (κ3) is 22.4. The Balaban J connectivity index is 0.829. The second-order valence-corrected chi connectivity index (χ2v) is 26.3. The molecule has 56 nitrogen and oxygen atoms in total. The molecule has 0 unspecified atom stereocenters. The summed E-state index contributed by atoms with van der Waals surface area (Å²) in [5, 5.41) is 25.1. The molecule has 10 aromatic rings. The predicted molar refractivity (Wildman–Crippen MR) is 412 cm³/mol. The lowest BCUT2D eigenvalue weighted by Gasteiger charge is -2.26. The van der Waals surface area contributed by atoms with Crippen molar-refractivity contribution in [1.29, 1.82) is 0 Å². The molecule has 10 aromatic heterocycles. The molecule has 10 rings (SSSR count). The largest absolute Gasteiger partial charge is 0.480 e. The number of hydrogen-bond acceptors (Lipinski definition) is 34. The number of rotatable bonds is 42. The number of carbonyl (C=O) groups is 12. The van der Waals surface area contributed by atoms with Gasteiger partial charge in [-0.25, -0.2) is 29.7 Å². The van der Waals surface area contributed by atoms with E-state index in [9.17, 15) is 86.6 Å². The van der Waals surface area contributed by atoms with Crippen molar-refractivity contribution in [1.82, 2.24) is 154 Å². The first-order valence-corrected chi connectivity index (χ1v) is 36.0. The molecule has 0 bridgehead atoms. The van der Waals surface area contributed by atoms with E-state index in [0.29, 0.717) is 12.8 Å². The Morgan fingerprint density at radius 3 is 0.798 bits per heavy atom. The second-order valence-electron chi connectivity index (χ2n) is 26.3. The highest BCUT2D eigenvalue weighted by molar-refractivity contribution is 5.91. The number of nitrogens with two attached hydrogens (primary N) is 7. The van der Waals surface area contributed by atoms with Crippen LogP contribution in [0.1, 0.15) is 19.3 Å². The number of aromatic amines is 5. The van der Waals surface area contributed by atoms with Crippen molar-refractivity contribution < 1.29 is 62.6 Å². The Kier molecular flexibility index (Phi) is 28.0. The Hall–Kier alpha value is -15.7. The number of nitrogens with one attached hydrogen (secondary N) is 11. The summed E-state index contributed by atoms with van der Waals surface area (Å²) < 4.78 is 5.84. The van der Waals surface area contributed by atoms with E-state index in [1.807, 2.05) is 0 Å². The number of fused-ring (bicyclic) bond motifs is 5. The number of nitrogen functional groups attached to an aromatic ring is 5. The van der Waals surface area contributed by atoms with E-state index in [0.717, 1.165) is 69.8 Å². The van der Waals surface area contributed by atoms with Gasteiger partial charge in [0.05, 0.1) is 70.9 Å².